The molecule has 0 N–H and O–H groups in total. The van der Waals surface area contributed by atoms with Crippen LogP contribution in [0.4, 0.5) is 0 Å². The van der Waals surface area contributed by atoms with Gasteiger partial charge in [0, 0.05) is 24.2 Å². The van der Waals surface area contributed by atoms with Crippen LogP contribution < -0.4 is 0 Å². The maximum Gasteiger partial charge on any atom is 0.255 e. The zero-order chi connectivity index (χ0) is 22.6. The lowest BCUT2D eigenvalue weighted by atomic mass is 9.96. The number of aromatic nitrogens is 2. The molecule has 2 aromatic heterocycles. The van der Waals surface area contributed by atoms with Gasteiger partial charge in [0.25, 0.3) is 5.91 Å². The van der Waals surface area contributed by atoms with Crippen molar-refractivity contribution in [2.45, 2.75) is 6.04 Å². The van der Waals surface area contributed by atoms with Crippen molar-refractivity contribution in [2.75, 3.05) is 7.05 Å². The molecule has 4 nitrogen and oxygen atoms in total. The van der Waals surface area contributed by atoms with Gasteiger partial charge in [0.1, 0.15) is 0 Å². The molecule has 0 bridgehead atoms. The van der Waals surface area contributed by atoms with Gasteiger partial charge in [-0.1, -0.05) is 91.0 Å². The predicted octanol–water partition coefficient (Wildman–Crippen LogP) is 6.16. The molecule has 0 saturated carbocycles. The number of carbonyl (C=O) groups is 1. The number of amides is 1. The highest BCUT2D eigenvalue weighted by molar-refractivity contribution is 6.06. The smallest absolute Gasteiger partial charge is 0.255 e. The van der Waals surface area contributed by atoms with Crippen molar-refractivity contribution < 1.29 is 4.79 Å². The first kappa shape index (κ1) is 20.6. The van der Waals surface area contributed by atoms with Crippen LogP contribution in [0.2, 0.25) is 0 Å². The van der Waals surface area contributed by atoms with E-state index >= 15 is 0 Å². The van der Waals surface area contributed by atoms with Gasteiger partial charge >= 0.3 is 0 Å². The Balaban J connectivity index is 1.64. The van der Waals surface area contributed by atoms with E-state index in [1.807, 2.05) is 92.0 Å². The number of benzene rings is 3. The van der Waals surface area contributed by atoms with Crippen LogP contribution in [0.1, 0.15) is 27.5 Å². The third-order valence-corrected chi connectivity index (χ3v) is 5.82. The molecule has 1 amide bonds. The molecule has 0 saturated heterocycles. The highest BCUT2D eigenvalue weighted by atomic mass is 16.2. The van der Waals surface area contributed by atoms with Crippen LogP contribution in [0.15, 0.2) is 115 Å². The third-order valence-electron chi connectivity index (χ3n) is 5.82. The molecule has 2 heterocycles. The van der Waals surface area contributed by atoms with Gasteiger partial charge < -0.3 is 4.90 Å². The maximum absolute atomic E-state index is 14.0. The van der Waals surface area contributed by atoms with E-state index in [9.17, 15) is 4.79 Å². The first-order valence-electron chi connectivity index (χ1n) is 10.9. The Kier molecular flexibility index (Phi) is 5.64. The quantitative estimate of drug-likeness (QED) is 0.336. The van der Waals surface area contributed by atoms with Crippen molar-refractivity contribution in [2.24, 2.45) is 0 Å². The summed E-state index contributed by atoms with van der Waals surface area (Å²) < 4.78 is 0. The standard InChI is InChI=1S/C29H23N3O/c1-32(27(22-14-7-3-8-15-22)23-16-9-4-10-17-23)29(33)25-20-26(21-12-5-2-6-13-21)31-28-24(25)18-11-19-30-28/h2-20,27H,1H3. The van der Waals surface area contributed by atoms with Crippen molar-refractivity contribution in [3.63, 3.8) is 0 Å². The van der Waals surface area contributed by atoms with E-state index in [1.54, 1.807) is 11.1 Å². The maximum atomic E-state index is 14.0. The molecule has 3 aromatic carbocycles. The zero-order valence-electron chi connectivity index (χ0n) is 18.3. The molecular weight excluding hydrogens is 406 g/mol. The summed E-state index contributed by atoms with van der Waals surface area (Å²) in [6, 6.07) is 35.5. The summed E-state index contributed by atoms with van der Waals surface area (Å²) >= 11 is 0. The van der Waals surface area contributed by atoms with Crippen LogP contribution >= 0.6 is 0 Å². The molecule has 0 radical (unpaired) electrons. The number of carbonyl (C=O) groups excluding carboxylic acids is 1. The van der Waals surface area contributed by atoms with Gasteiger partial charge in [-0.3, -0.25) is 4.79 Å². The summed E-state index contributed by atoms with van der Waals surface area (Å²) in [6.07, 6.45) is 1.71. The van der Waals surface area contributed by atoms with Crippen molar-refractivity contribution in [3.05, 3.63) is 132 Å². The normalized spacial score (nSPS) is 11.0. The predicted molar refractivity (Wildman–Crippen MR) is 132 cm³/mol. The molecule has 4 heteroatoms. The van der Waals surface area contributed by atoms with Gasteiger partial charge in [0.15, 0.2) is 5.65 Å². The lowest BCUT2D eigenvalue weighted by molar-refractivity contribution is 0.0757. The Labute approximate surface area is 193 Å². The van der Waals surface area contributed by atoms with Crippen molar-refractivity contribution in [3.8, 4) is 11.3 Å². The second-order valence-corrected chi connectivity index (χ2v) is 7.94. The van der Waals surface area contributed by atoms with Gasteiger partial charge in [-0.25, -0.2) is 9.97 Å². The zero-order valence-corrected chi connectivity index (χ0v) is 18.3. The number of nitrogens with zero attached hydrogens (tertiary/aromatic N) is 3. The molecule has 0 aliphatic heterocycles. The van der Waals surface area contributed by atoms with E-state index < -0.39 is 0 Å². The molecule has 0 fully saturated rings. The van der Waals surface area contributed by atoms with E-state index in [0.29, 0.717) is 11.2 Å². The van der Waals surface area contributed by atoms with Crippen molar-refractivity contribution in [1.29, 1.82) is 0 Å². The number of fused-ring (bicyclic) bond motifs is 1. The lowest BCUT2D eigenvalue weighted by Crippen LogP contribution is -2.32. The van der Waals surface area contributed by atoms with Gasteiger partial charge in [0.05, 0.1) is 17.3 Å². The van der Waals surface area contributed by atoms with Crippen LogP contribution in [0.3, 0.4) is 0 Å². The molecule has 5 aromatic rings. The Morgan fingerprint density at radius 3 is 1.94 bits per heavy atom. The topological polar surface area (TPSA) is 46.1 Å². The van der Waals surface area contributed by atoms with E-state index in [2.05, 4.69) is 29.2 Å². The Bertz CT molecular complexity index is 1350. The van der Waals surface area contributed by atoms with E-state index in [-0.39, 0.29) is 11.9 Å². The van der Waals surface area contributed by atoms with E-state index in [4.69, 9.17) is 4.98 Å². The third kappa shape index (κ3) is 4.11. The average Bonchev–Trinajstić information content (AvgIpc) is 2.89. The number of hydrogen-bond acceptors (Lipinski definition) is 3. The summed E-state index contributed by atoms with van der Waals surface area (Å²) in [5, 5.41) is 0.744. The van der Waals surface area contributed by atoms with Crippen LogP contribution in [0, 0.1) is 0 Å². The summed E-state index contributed by atoms with van der Waals surface area (Å²) in [7, 11) is 1.86. The lowest BCUT2D eigenvalue weighted by Gasteiger charge is -2.29. The Morgan fingerprint density at radius 2 is 1.33 bits per heavy atom. The summed E-state index contributed by atoms with van der Waals surface area (Å²) in [5.74, 6) is -0.0784. The highest BCUT2D eigenvalue weighted by Crippen LogP contribution is 2.31. The number of hydrogen-bond donors (Lipinski definition) is 0. The van der Waals surface area contributed by atoms with Gasteiger partial charge in [-0.05, 0) is 29.3 Å². The van der Waals surface area contributed by atoms with Crippen LogP contribution in [-0.4, -0.2) is 27.8 Å². The molecule has 33 heavy (non-hydrogen) atoms. The van der Waals surface area contributed by atoms with Crippen molar-refractivity contribution >= 4 is 16.9 Å². The summed E-state index contributed by atoms with van der Waals surface area (Å²) in [4.78, 5) is 25.0. The Hall–Kier alpha value is -4.31. The van der Waals surface area contributed by atoms with E-state index in [1.165, 1.54) is 0 Å². The number of pyridine rings is 2. The molecule has 0 unspecified atom stereocenters. The first-order valence-corrected chi connectivity index (χ1v) is 10.9. The molecule has 0 aliphatic rings. The fourth-order valence-electron chi connectivity index (χ4n) is 4.21. The monoisotopic (exact) mass is 429 g/mol. The second kappa shape index (κ2) is 9.05. The fraction of sp³-hybridized carbons (Fsp3) is 0.0690. The van der Waals surface area contributed by atoms with Gasteiger partial charge in [0.2, 0.25) is 0 Å². The summed E-state index contributed by atoms with van der Waals surface area (Å²) in [6.45, 7) is 0. The summed E-state index contributed by atoms with van der Waals surface area (Å²) in [5.41, 5.74) is 4.94. The minimum atomic E-state index is -0.222. The van der Waals surface area contributed by atoms with Crippen molar-refractivity contribution in [1.82, 2.24) is 14.9 Å². The van der Waals surface area contributed by atoms with E-state index in [0.717, 1.165) is 27.8 Å². The molecular formula is C29H23N3O. The minimum Gasteiger partial charge on any atom is -0.331 e. The van der Waals surface area contributed by atoms with Gasteiger partial charge in [-0.15, -0.1) is 0 Å². The molecule has 5 rings (SSSR count). The average molecular weight is 430 g/mol. The number of rotatable bonds is 5. The fourth-order valence-corrected chi connectivity index (χ4v) is 4.21. The SMILES string of the molecule is CN(C(=O)c1cc(-c2ccccc2)nc2ncccc12)C(c1ccccc1)c1ccccc1. The van der Waals surface area contributed by atoms with Crippen LogP contribution in [0.25, 0.3) is 22.3 Å². The Morgan fingerprint density at radius 1 is 0.758 bits per heavy atom. The van der Waals surface area contributed by atoms with Crippen LogP contribution in [-0.2, 0) is 0 Å². The van der Waals surface area contributed by atoms with Crippen LogP contribution in [0.5, 0.6) is 0 Å². The largest absolute Gasteiger partial charge is 0.331 e. The molecule has 0 spiro atoms. The molecule has 0 aliphatic carbocycles. The molecule has 160 valence electrons. The highest BCUT2D eigenvalue weighted by Gasteiger charge is 2.26. The first-order chi connectivity index (χ1) is 16.2. The minimum absolute atomic E-state index is 0.0784. The second-order valence-electron chi connectivity index (χ2n) is 7.94. The van der Waals surface area contributed by atoms with Gasteiger partial charge in [-0.2, -0.15) is 0 Å². The molecule has 0 atom stereocenters.